The summed E-state index contributed by atoms with van der Waals surface area (Å²) in [6.07, 6.45) is 0. The van der Waals surface area contributed by atoms with Crippen molar-refractivity contribution in [2.45, 2.75) is 39.7 Å². The number of rotatable bonds is 8. The molecule has 1 unspecified atom stereocenters. The third-order valence-electron chi connectivity index (χ3n) is 4.43. The van der Waals surface area contributed by atoms with Gasteiger partial charge in [0.2, 0.25) is 0 Å². The third kappa shape index (κ3) is 5.39. The van der Waals surface area contributed by atoms with Gasteiger partial charge in [-0.2, -0.15) is 0 Å². The number of carbonyl (C=O) groups is 1. The summed E-state index contributed by atoms with van der Waals surface area (Å²) >= 11 is 0. The molecule has 1 amide bonds. The van der Waals surface area contributed by atoms with E-state index in [4.69, 9.17) is 14.2 Å². The molecule has 1 atom stereocenters. The number of ether oxygens (including phenoxy) is 3. The summed E-state index contributed by atoms with van der Waals surface area (Å²) in [5.41, 5.74) is 3.05. The molecule has 5 nitrogen and oxygen atoms in total. The number of methoxy groups -OCH3 is 2. The van der Waals surface area contributed by atoms with Gasteiger partial charge in [0, 0.05) is 5.56 Å². The van der Waals surface area contributed by atoms with Crippen LogP contribution >= 0.6 is 0 Å². The predicted octanol–water partition coefficient (Wildman–Crippen LogP) is 4.39. The Bertz CT molecular complexity index is 786. The molecule has 0 aromatic heterocycles. The van der Waals surface area contributed by atoms with Gasteiger partial charge < -0.3 is 19.5 Å². The predicted molar refractivity (Wildman–Crippen MR) is 107 cm³/mol. The molecular formula is C22H29NO4. The van der Waals surface area contributed by atoms with Gasteiger partial charge in [-0.1, -0.05) is 26.0 Å². The standard InChI is InChI=1S/C22H29NO4/c1-14(2)18-9-7-15(3)11-21(18)27-13-22(24)23-16(4)19-12-17(25-5)8-10-20(19)26-6/h7-12,14,16H,13H2,1-6H3,(H,23,24). The second kappa shape index (κ2) is 9.31. The van der Waals surface area contributed by atoms with E-state index in [0.717, 1.165) is 22.4 Å². The quantitative estimate of drug-likeness (QED) is 0.748. The summed E-state index contributed by atoms with van der Waals surface area (Å²) in [7, 11) is 3.21. The van der Waals surface area contributed by atoms with E-state index in [1.165, 1.54) is 0 Å². The molecule has 0 saturated heterocycles. The molecule has 0 aliphatic heterocycles. The summed E-state index contributed by atoms with van der Waals surface area (Å²) in [6, 6.07) is 11.4. The van der Waals surface area contributed by atoms with Crippen molar-refractivity contribution in [2.24, 2.45) is 0 Å². The minimum absolute atomic E-state index is 0.0419. The van der Waals surface area contributed by atoms with Crippen LogP contribution in [0.25, 0.3) is 0 Å². The van der Waals surface area contributed by atoms with Crippen LogP contribution < -0.4 is 19.5 Å². The molecule has 0 radical (unpaired) electrons. The van der Waals surface area contributed by atoms with Crippen molar-refractivity contribution in [2.75, 3.05) is 20.8 Å². The zero-order valence-corrected chi connectivity index (χ0v) is 17.0. The van der Waals surface area contributed by atoms with Crippen LogP contribution in [0.3, 0.4) is 0 Å². The second-order valence-corrected chi connectivity index (χ2v) is 6.88. The Hall–Kier alpha value is -2.69. The highest BCUT2D eigenvalue weighted by Crippen LogP contribution is 2.30. The van der Waals surface area contributed by atoms with E-state index >= 15 is 0 Å². The zero-order chi connectivity index (χ0) is 20.0. The highest BCUT2D eigenvalue weighted by Gasteiger charge is 2.16. The topological polar surface area (TPSA) is 56.8 Å². The monoisotopic (exact) mass is 371 g/mol. The summed E-state index contributed by atoms with van der Waals surface area (Å²) in [6.45, 7) is 8.08. The smallest absolute Gasteiger partial charge is 0.258 e. The minimum atomic E-state index is -0.242. The van der Waals surface area contributed by atoms with Crippen LogP contribution in [0.2, 0.25) is 0 Å². The Balaban J connectivity index is 2.05. The molecule has 0 bridgehead atoms. The summed E-state index contributed by atoms with van der Waals surface area (Å²) in [4.78, 5) is 12.4. The van der Waals surface area contributed by atoms with Crippen LogP contribution in [-0.4, -0.2) is 26.7 Å². The fourth-order valence-corrected chi connectivity index (χ4v) is 2.93. The van der Waals surface area contributed by atoms with E-state index in [0.29, 0.717) is 17.4 Å². The molecule has 27 heavy (non-hydrogen) atoms. The largest absolute Gasteiger partial charge is 0.497 e. The molecule has 0 aliphatic carbocycles. The van der Waals surface area contributed by atoms with Gasteiger partial charge >= 0.3 is 0 Å². The number of carbonyl (C=O) groups excluding carboxylic acids is 1. The molecule has 0 spiro atoms. The first-order valence-corrected chi connectivity index (χ1v) is 9.10. The Labute approximate surface area is 161 Å². The van der Waals surface area contributed by atoms with E-state index in [2.05, 4.69) is 31.3 Å². The molecule has 2 aromatic rings. The Morgan fingerprint density at radius 2 is 1.70 bits per heavy atom. The Morgan fingerprint density at radius 1 is 0.963 bits per heavy atom. The van der Waals surface area contributed by atoms with E-state index in [1.807, 2.05) is 38.1 Å². The van der Waals surface area contributed by atoms with Crippen LogP contribution in [-0.2, 0) is 4.79 Å². The SMILES string of the molecule is COc1ccc(OC)c(C(C)NC(=O)COc2cc(C)ccc2C(C)C)c1. The van der Waals surface area contributed by atoms with Crippen LogP contribution in [0.5, 0.6) is 17.2 Å². The first-order chi connectivity index (χ1) is 12.8. The van der Waals surface area contributed by atoms with Crippen LogP contribution in [0.15, 0.2) is 36.4 Å². The maximum Gasteiger partial charge on any atom is 0.258 e. The molecular weight excluding hydrogens is 342 g/mol. The van der Waals surface area contributed by atoms with Crippen LogP contribution in [0.1, 0.15) is 49.4 Å². The molecule has 0 aliphatic rings. The number of hydrogen-bond acceptors (Lipinski definition) is 4. The van der Waals surface area contributed by atoms with Gasteiger partial charge in [-0.05, 0) is 55.2 Å². The Morgan fingerprint density at radius 3 is 2.33 bits per heavy atom. The summed E-state index contributed by atoms with van der Waals surface area (Å²) in [5, 5.41) is 2.96. The lowest BCUT2D eigenvalue weighted by Gasteiger charge is -2.19. The first-order valence-electron chi connectivity index (χ1n) is 9.10. The lowest BCUT2D eigenvalue weighted by atomic mass is 10.0. The number of hydrogen-bond donors (Lipinski definition) is 1. The van der Waals surface area contributed by atoms with Crippen LogP contribution in [0.4, 0.5) is 0 Å². The van der Waals surface area contributed by atoms with Gasteiger partial charge in [0.15, 0.2) is 6.61 Å². The van der Waals surface area contributed by atoms with Crippen molar-refractivity contribution in [3.8, 4) is 17.2 Å². The average Bonchev–Trinajstić information content (AvgIpc) is 2.65. The molecule has 1 N–H and O–H groups in total. The normalized spacial score (nSPS) is 11.8. The van der Waals surface area contributed by atoms with Crippen molar-refractivity contribution < 1.29 is 19.0 Å². The Kier molecular flexibility index (Phi) is 7.11. The van der Waals surface area contributed by atoms with Crippen LogP contribution in [0, 0.1) is 6.92 Å². The van der Waals surface area contributed by atoms with Gasteiger partial charge in [0.1, 0.15) is 17.2 Å². The second-order valence-electron chi connectivity index (χ2n) is 6.88. The molecule has 146 valence electrons. The van der Waals surface area contributed by atoms with Crippen molar-refractivity contribution >= 4 is 5.91 Å². The van der Waals surface area contributed by atoms with Gasteiger partial charge in [-0.15, -0.1) is 0 Å². The maximum absolute atomic E-state index is 12.4. The van der Waals surface area contributed by atoms with Crippen molar-refractivity contribution in [3.05, 3.63) is 53.1 Å². The number of nitrogens with one attached hydrogen (secondary N) is 1. The molecule has 0 saturated carbocycles. The minimum Gasteiger partial charge on any atom is -0.497 e. The molecule has 0 heterocycles. The summed E-state index contributed by atoms with van der Waals surface area (Å²) in [5.74, 6) is 2.30. The maximum atomic E-state index is 12.4. The molecule has 0 fully saturated rings. The van der Waals surface area contributed by atoms with Gasteiger partial charge in [-0.25, -0.2) is 0 Å². The fraction of sp³-hybridized carbons (Fsp3) is 0.409. The van der Waals surface area contributed by atoms with E-state index < -0.39 is 0 Å². The van der Waals surface area contributed by atoms with Gasteiger partial charge in [0.25, 0.3) is 5.91 Å². The zero-order valence-electron chi connectivity index (χ0n) is 17.0. The van der Waals surface area contributed by atoms with Gasteiger partial charge in [-0.3, -0.25) is 4.79 Å². The number of aryl methyl sites for hydroxylation is 1. The first kappa shape index (κ1) is 20.6. The lowest BCUT2D eigenvalue weighted by molar-refractivity contribution is -0.123. The molecule has 2 aromatic carbocycles. The third-order valence-corrected chi connectivity index (χ3v) is 4.43. The average molecular weight is 371 g/mol. The van der Waals surface area contributed by atoms with E-state index in [9.17, 15) is 4.79 Å². The highest BCUT2D eigenvalue weighted by molar-refractivity contribution is 5.78. The van der Waals surface area contributed by atoms with Crippen molar-refractivity contribution in [1.82, 2.24) is 5.32 Å². The van der Waals surface area contributed by atoms with Crippen molar-refractivity contribution in [3.63, 3.8) is 0 Å². The fourth-order valence-electron chi connectivity index (χ4n) is 2.93. The number of benzene rings is 2. The summed E-state index contributed by atoms with van der Waals surface area (Å²) < 4.78 is 16.5. The van der Waals surface area contributed by atoms with Crippen molar-refractivity contribution in [1.29, 1.82) is 0 Å². The van der Waals surface area contributed by atoms with Gasteiger partial charge in [0.05, 0.1) is 20.3 Å². The highest BCUT2D eigenvalue weighted by atomic mass is 16.5. The molecule has 2 rings (SSSR count). The lowest BCUT2D eigenvalue weighted by Crippen LogP contribution is -2.31. The number of amides is 1. The van der Waals surface area contributed by atoms with E-state index in [1.54, 1.807) is 14.2 Å². The van der Waals surface area contributed by atoms with E-state index in [-0.39, 0.29) is 18.6 Å². The molecule has 5 heteroatoms.